The molecular formula is C12H12O2S. The van der Waals surface area contributed by atoms with E-state index in [1.165, 1.54) is 0 Å². The lowest BCUT2D eigenvalue weighted by atomic mass is 10.1. The molecule has 0 N–H and O–H groups in total. The summed E-state index contributed by atoms with van der Waals surface area (Å²) in [6, 6.07) is 5.75. The summed E-state index contributed by atoms with van der Waals surface area (Å²) in [5.41, 5.74) is 0.709. The van der Waals surface area contributed by atoms with Crippen molar-refractivity contribution in [2.24, 2.45) is 0 Å². The average Bonchev–Trinajstić information content (AvgIpc) is 2.75. The van der Waals surface area contributed by atoms with Gasteiger partial charge in [0.15, 0.2) is 5.78 Å². The van der Waals surface area contributed by atoms with Gasteiger partial charge in [0.1, 0.15) is 11.5 Å². The fraction of sp³-hybridized carbons (Fsp3) is 0.250. The zero-order chi connectivity index (χ0) is 10.8. The third-order valence-corrected chi connectivity index (χ3v) is 3.13. The highest BCUT2D eigenvalue weighted by molar-refractivity contribution is 7.10. The Kier molecular flexibility index (Phi) is 2.73. The van der Waals surface area contributed by atoms with Gasteiger partial charge in [-0.2, -0.15) is 0 Å². The molecule has 0 fully saturated rings. The monoisotopic (exact) mass is 220 g/mol. The molecule has 2 nitrogen and oxygen atoms in total. The Hall–Kier alpha value is -1.35. The molecule has 0 atom stereocenters. The molecule has 2 aromatic heterocycles. The smallest absolute Gasteiger partial charge is 0.171 e. The molecule has 0 saturated heterocycles. The number of furan rings is 1. The number of hydrogen-bond acceptors (Lipinski definition) is 3. The van der Waals surface area contributed by atoms with Crippen molar-refractivity contribution in [3.8, 4) is 0 Å². The average molecular weight is 220 g/mol. The van der Waals surface area contributed by atoms with Gasteiger partial charge in [0.2, 0.25) is 0 Å². The quantitative estimate of drug-likeness (QED) is 0.742. The van der Waals surface area contributed by atoms with Crippen molar-refractivity contribution in [3.05, 3.63) is 45.5 Å². The van der Waals surface area contributed by atoms with E-state index in [4.69, 9.17) is 4.42 Å². The van der Waals surface area contributed by atoms with E-state index in [0.29, 0.717) is 17.7 Å². The summed E-state index contributed by atoms with van der Waals surface area (Å²) in [7, 11) is 0. The van der Waals surface area contributed by atoms with Crippen LogP contribution in [0.25, 0.3) is 0 Å². The van der Waals surface area contributed by atoms with Gasteiger partial charge >= 0.3 is 0 Å². The molecule has 0 unspecified atom stereocenters. The molecule has 3 heteroatoms. The number of hydrogen-bond donors (Lipinski definition) is 0. The summed E-state index contributed by atoms with van der Waals surface area (Å²) in [4.78, 5) is 13.0. The normalized spacial score (nSPS) is 10.5. The van der Waals surface area contributed by atoms with Crippen LogP contribution in [0, 0.1) is 13.8 Å². The van der Waals surface area contributed by atoms with Crippen molar-refractivity contribution in [1.82, 2.24) is 0 Å². The minimum absolute atomic E-state index is 0.131. The van der Waals surface area contributed by atoms with E-state index in [9.17, 15) is 4.79 Å². The maximum absolute atomic E-state index is 11.9. The predicted molar refractivity (Wildman–Crippen MR) is 60.5 cm³/mol. The van der Waals surface area contributed by atoms with Crippen LogP contribution in [0.3, 0.4) is 0 Å². The van der Waals surface area contributed by atoms with Crippen molar-refractivity contribution < 1.29 is 9.21 Å². The molecule has 0 bridgehead atoms. The highest BCUT2D eigenvalue weighted by Gasteiger charge is 2.14. The van der Waals surface area contributed by atoms with E-state index in [-0.39, 0.29) is 5.78 Å². The van der Waals surface area contributed by atoms with Gasteiger partial charge in [-0.1, -0.05) is 6.07 Å². The topological polar surface area (TPSA) is 30.2 Å². The molecule has 2 heterocycles. The van der Waals surface area contributed by atoms with Crippen molar-refractivity contribution in [2.45, 2.75) is 20.3 Å². The molecule has 0 amide bonds. The van der Waals surface area contributed by atoms with Gasteiger partial charge in [-0.15, -0.1) is 11.3 Å². The van der Waals surface area contributed by atoms with E-state index in [2.05, 4.69) is 0 Å². The number of Topliss-reactive ketones (excluding diaryl/α,β-unsaturated/α-hetero) is 1. The van der Waals surface area contributed by atoms with E-state index in [0.717, 1.165) is 10.6 Å². The van der Waals surface area contributed by atoms with Crippen LogP contribution < -0.4 is 0 Å². The fourth-order valence-electron chi connectivity index (χ4n) is 1.57. The number of thiophene rings is 1. The van der Waals surface area contributed by atoms with Crippen molar-refractivity contribution in [2.75, 3.05) is 0 Å². The van der Waals surface area contributed by atoms with Crippen molar-refractivity contribution >= 4 is 17.1 Å². The Morgan fingerprint density at radius 1 is 1.47 bits per heavy atom. The van der Waals surface area contributed by atoms with Crippen LogP contribution in [0.15, 0.2) is 28.0 Å². The molecule has 78 valence electrons. The van der Waals surface area contributed by atoms with Crippen LogP contribution in [-0.4, -0.2) is 5.78 Å². The van der Waals surface area contributed by atoms with E-state index in [1.54, 1.807) is 11.3 Å². The van der Waals surface area contributed by atoms with Crippen LogP contribution >= 0.6 is 11.3 Å². The maximum atomic E-state index is 11.9. The van der Waals surface area contributed by atoms with Gasteiger partial charge in [-0.05, 0) is 31.4 Å². The first kappa shape index (κ1) is 10.2. The van der Waals surface area contributed by atoms with Gasteiger partial charge in [0.25, 0.3) is 0 Å². The Labute approximate surface area is 92.5 Å². The molecule has 0 aromatic carbocycles. The summed E-state index contributed by atoms with van der Waals surface area (Å²) in [5, 5.41) is 1.98. The van der Waals surface area contributed by atoms with E-state index in [1.807, 2.05) is 37.4 Å². The van der Waals surface area contributed by atoms with Crippen LogP contribution in [0.1, 0.15) is 26.8 Å². The van der Waals surface area contributed by atoms with Crippen LogP contribution in [0.5, 0.6) is 0 Å². The second-order valence-corrected chi connectivity index (χ2v) is 4.54. The minimum atomic E-state index is 0.131. The molecule has 2 rings (SSSR count). The maximum Gasteiger partial charge on any atom is 0.171 e. The lowest BCUT2D eigenvalue weighted by Gasteiger charge is -1.95. The zero-order valence-corrected chi connectivity index (χ0v) is 9.56. The second-order valence-electron chi connectivity index (χ2n) is 3.51. The zero-order valence-electron chi connectivity index (χ0n) is 8.74. The summed E-state index contributed by atoms with van der Waals surface area (Å²) in [6.07, 6.45) is 0.470. The number of aryl methyl sites for hydroxylation is 2. The summed E-state index contributed by atoms with van der Waals surface area (Å²) < 4.78 is 5.34. The Balaban J connectivity index is 2.18. The van der Waals surface area contributed by atoms with Gasteiger partial charge in [-0.3, -0.25) is 4.79 Å². The third kappa shape index (κ3) is 2.18. The fourth-order valence-corrected chi connectivity index (χ4v) is 2.28. The third-order valence-electron chi connectivity index (χ3n) is 2.26. The Morgan fingerprint density at radius 2 is 2.27 bits per heavy atom. The number of carbonyl (C=O) groups is 1. The number of ketones is 1. The molecular weight excluding hydrogens is 208 g/mol. The van der Waals surface area contributed by atoms with Crippen LogP contribution in [0.2, 0.25) is 0 Å². The Bertz CT molecular complexity index is 466. The molecule has 15 heavy (non-hydrogen) atoms. The van der Waals surface area contributed by atoms with Crippen LogP contribution in [0.4, 0.5) is 0 Å². The van der Waals surface area contributed by atoms with Crippen molar-refractivity contribution in [3.63, 3.8) is 0 Å². The van der Waals surface area contributed by atoms with Crippen LogP contribution in [-0.2, 0) is 6.42 Å². The highest BCUT2D eigenvalue weighted by atomic mass is 32.1. The standard InChI is InChI=1S/C12H12O2S/c1-8-6-11(9(2)14-8)12(13)7-10-4-3-5-15-10/h3-6H,7H2,1-2H3. The lowest BCUT2D eigenvalue weighted by Crippen LogP contribution is -2.02. The second kappa shape index (κ2) is 4.03. The summed E-state index contributed by atoms with van der Waals surface area (Å²) >= 11 is 1.61. The van der Waals surface area contributed by atoms with Gasteiger partial charge < -0.3 is 4.42 Å². The lowest BCUT2D eigenvalue weighted by molar-refractivity contribution is 0.0992. The molecule has 0 aliphatic heterocycles. The molecule has 2 aromatic rings. The van der Waals surface area contributed by atoms with E-state index >= 15 is 0 Å². The molecule has 0 aliphatic rings. The van der Waals surface area contributed by atoms with Crippen molar-refractivity contribution in [1.29, 1.82) is 0 Å². The van der Waals surface area contributed by atoms with E-state index < -0.39 is 0 Å². The molecule has 0 spiro atoms. The molecule has 0 radical (unpaired) electrons. The van der Waals surface area contributed by atoms with Gasteiger partial charge in [-0.25, -0.2) is 0 Å². The number of rotatable bonds is 3. The van der Waals surface area contributed by atoms with Gasteiger partial charge in [0, 0.05) is 11.3 Å². The molecule has 0 saturated carbocycles. The minimum Gasteiger partial charge on any atom is -0.466 e. The first-order valence-electron chi connectivity index (χ1n) is 4.79. The van der Waals surface area contributed by atoms with Gasteiger partial charge in [0.05, 0.1) is 5.56 Å². The SMILES string of the molecule is Cc1cc(C(=O)Cc2cccs2)c(C)o1. The Morgan fingerprint density at radius 3 is 2.80 bits per heavy atom. The first-order chi connectivity index (χ1) is 7.16. The summed E-state index contributed by atoms with van der Waals surface area (Å²) in [5.74, 6) is 1.64. The largest absolute Gasteiger partial charge is 0.466 e. The predicted octanol–water partition coefficient (Wildman–Crippen LogP) is 3.38. The molecule has 0 aliphatic carbocycles. The first-order valence-corrected chi connectivity index (χ1v) is 5.67. The number of carbonyl (C=O) groups excluding carboxylic acids is 1. The summed E-state index contributed by atoms with van der Waals surface area (Å²) in [6.45, 7) is 3.68. The highest BCUT2D eigenvalue weighted by Crippen LogP contribution is 2.18.